The van der Waals surface area contributed by atoms with E-state index in [1.807, 2.05) is 6.07 Å². The highest BCUT2D eigenvalue weighted by molar-refractivity contribution is 6.34. The first-order valence-corrected chi connectivity index (χ1v) is 5.62. The zero-order valence-electron chi connectivity index (χ0n) is 8.63. The van der Waals surface area contributed by atoms with Crippen LogP contribution in [0.1, 0.15) is 17.2 Å². The van der Waals surface area contributed by atoms with E-state index < -0.39 is 0 Å². The SMILES string of the molecule is Cc1c(Cl)c2ccccn2c1C1CNC1. The summed E-state index contributed by atoms with van der Waals surface area (Å²) in [7, 11) is 0. The Balaban J connectivity index is 2.30. The molecule has 2 aromatic heterocycles. The second-order valence-electron chi connectivity index (χ2n) is 4.14. The van der Waals surface area contributed by atoms with Crippen LogP contribution in [0.5, 0.6) is 0 Å². The van der Waals surface area contributed by atoms with Crippen LogP contribution in [0, 0.1) is 6.92 Å². The van der Waals surface area contributed by atoms with Gasteiger partial charge in [-0.1, -0.05) is 17.7 Å². The van der Waals surface area contributed by atoms with Crippen LogP contribution in [-0.2, 0) is 0 Å². The van der Waals surface area contributed by atoms with Crippen molar-refractivity contribution >= 4 is 17.1 Å². The van der Waals surface area contributed by atoms with Crippen molar-refractivity contribution in [2.75, 3.05) is 13.1 Å². The number of aromatic nitrogens is 1. The zero-order chi connectivity index (χ0) is 10.4. The molecule has 0 bridgehead atoms. The summed E-state index contributed by atoms with van der Waals surface area (Å²) in [4.78, 5) is 0. The molecule has 0 amide bonds. The molecule has 2 aromatic rings. The number of nitrogens with one attached hydrogen (secondary N) is 1. The van der Waals surface area contributed by atoms with Crippen LogP contribution in [0.25, 0.3) is 5.52 Å². The molecule has 3 heteroatoms. The van der Waals surface area contributed by atoms with E-state index in [-0.39, 0.29) is 0 Å². The van der Waals surface area contributed by atoms with E-state index in [4.69, 9.17) is 11.6 Å². The lowest BCUT2D eigenvalue weighted by molar-refractivity contribution is 0.436. The van der Waals surface area contributed by atoms with Crippen LogP contribution in [-0.4, -0.2) is 17.5 Å². The van der Waals surface area contributed by atoms with E-state index in [2.05, 4.69) is 35.0 Å². The van der Waals surface area contributed by atoms with E-state index in [1.165, 1.54) is 11.3 Å². The summed E-state index contributed by atoms with van der Waals surface area (Å²) in [6, 6.07) is 6.16. The first-order chi connectivity index (χ1) is 7.29. The molecule has 1 aliphatic heterocycles. The van der Waals surface area contributed by atoms with Crippen LogP contribution in [0.4, 0.5) is 0 Å². The first kappa shape index (κ1) is 9.25. The molecule has 1 fully saturated rings. The fourth-order valence-corrected chi connectivity index (χ4v) is 2.55. The van der Waals surface area contributed by atoms with Gasteiger partial charge in [0, 0.05) is 30.9 Å². The van der Waals surface area contributed by atoms with Crippen LogP contribution in [0.3, 0.4) is 0 Å². The van der Waals surface area contributed by atoms with Gasteiger partial charge in [0.05, 0.1) is 10.5 Å². The number of hydrogen-bond acceptors (Lipinski definition) is 1. The fourth-order valence-electron chi connectivity index (χ4n) is 2.30. The van der Waals surface area contributed by atoms with Gasteiger partial charge in [0.15, 0.2) is 0 Å². The highest BCUT2D eigenvalue weighted by atomic mass is 35.5. The van der Waals surface area contributed by atoms with Crippen molar-refractivity contribution in [3.63, 3.8) is 0 Å². The quantitative estimate of drug-likeness (QED) is 0.782. The van der Waals surface area contributed by atoms with Crippen molar-refractivity contribution in [2.45, 2.75) is 12.8 Å². The summed E-state index contributed by atoms with van der Waals surface area (Å²) < 4.78 is 2.23. The first-order valence-electron chi connectivity index (χ1n) is 5.25. The predicted octanol–water partition coefficient (Wildman–Crippen LogP) is 2.59. The lowest BCUT2D eigenvalue weighted by atomic mass is 9.97. The summed E-state index contributed by atoms with van der Waals surface area (Å²) in [5.74, 6) is 0.618. The molecule has 1 aliphatic rings. The molecule has 0 unspecified atom stereocenters. The standard InChI is InChI=1S/C12H13ClN2/c1-8-11(13)10-4-2-3-5-15(10)12(8)9-6-14-7-9/h2-5,9,14H,6-7H2,1H3. The number of pyridine rings is 1. The number of rotatable bonds is 1. The lowest BCUT2D eigenvalue weighted by Crippen LogP contribution is -2.40. The van der Waals surface area contributed by atoms with Gasteiger partial charge < -0.3 is 9.72 Å². The minimum Gasteiger partial charge on any atom is -0.319 e. The average Bonchev–Trinajstić information content (AvgIpc) is 2.42. The van der Waals surface area contributed by atoms with Crippen molar-refractivity contribution in [2.24, 2.45) is 0 Å². The van der Waals surface area contributed by atoms with E-state index in [0.29, 0.717) is 5.92 Å². The number of fused-ring (bicyclic) bond motifs is 1. The van der Waals surface area contributed by atoms with Crippen molar-refractivity contribution in [3.05, 3.63) is 40.7 Å². The summed E-state index contributed by atoms with van der Waals surface area (Å²) >= 11 is 6.33. The van der Waals surface area contributed by atoms with E-state index in [9.17, 15) is 0 Å². The molecule has 15 heavy (non-hydrogen) atoms. The van der Waals surface area contributed by atoms with Gasteiger partial charge in [0.2, 0.25) is 0 Å². The summed E-state index contributed by atoms with van der Waals surface area (Å²) in [5, 5.41) is 4.20. The third-order valence-electron chi connectivity index (χ3n) is 3.23. The Morgan fingerprint density at radius 2 is 2.20 bits per heavy atom. The molecule has 3 rings (SSSR count). The van der Waals surface area contributed by atoms with Gasteiger partial charge in [-0.3, -0.25) is 0 Å². The molecule has 2 nitrogen and oxygen atoms in total. The second kappa shape index (κ2) is 3.26. The topological polar surface area (TPSA) is 16.4 Å². The average molecular weight is 221 g/mol. The van der Waals surface area contributed by atoms with Crippen LogP contribution in [0.2, 0.25) is 5.02 Å². The van der Waals surface area contributed by atoms with Gasteiger partial charge >= 0.3 is 0 Å². The van der Waals surface area contributed by atoms with Crippen molar-refractivity contribution < 1.29 is 0 Å². The Kier molecular flexibility index (Phi) is 2.01. The summed E-state index contributed by atoms with van der Waals surface area (Å²) in [5.41, 5.74) is 3.72. The Labute approximate surface area is 93.9 Å². The summed E-state index contributed by atoms with van der Waals surface area (Å²) in [6.45, 7) is 4.25. The Morgan fingerprint density at radius 3 is 2.87 bits per heavy atom. The minimum atomic E-state index is 0.618. The van der Waals surface area contributed by atoms with Gasteiger partial charge in [-0.15, -0.1) is 0 Å². The molecule has 1 saturated heterocycles. The second-order valence-corrected chi connectivity index (χ2v) is 4.51. The van der Waals surface area contributed by atoms with Crippen molar-refractivity contribution in [1.29, 1.82) is 0 Å². The Hall–Kier alpha value is -0.990. The van der Waals surface area contributed by atoms with Gasteiger partial charge in [-0.05, 0) is 24.6 Å². The van der Waals surface area contributed by atoms with Crippen molar-refractivity contribution in [3.8, 4) is 0 Å². The molecule has 0 saturated carbocycles. The number of hydrogen-bond donors (Lipinski definition) is 1. The van der Waals surface area contributed by atoms with Crippen molar-refractivity contribution in [1.82, 2.24) is 9.72 Å². The molecule has 1 N–H and O–H groups in total. The maximum Gasteiger partial charge on any atom is 0.0693 e. The Bertz CT molecular complexity index is 512. The van der Waals surface area contributed by atoms with E-state index >= 15 is 0 Å². The number of nitrogens with zero attached hydrogens (tertiary/aromatic N) is 1. The molecule has 0 spiro atoms. The third-order valence-corrected chi connectivity index (χ3v) is 3.70. The van der Waals surface area contributed by atoms with E-state index in [1.54, 1.807) is 0 Å². The molecular formula is C12H13ClN2. The zero-order valence-corrected chi connectivity index (χ0v) is 9.38. The summed E-state index contributed by atoms with van der Waals surface area (Å²) in [6.07, 6.45) is 2.10. The normalized spacial score (nSPS) is 16.9. The van der Waals surface area contributed by atoms with E-state index in [0.717, 1.165) is 23.6 Å². The largest absolute Gasteiger partial charge is 0.319 e. The van der Waals surface area contributed by atoms with Gasteiger partial charge in [0.1, 0.15) is 0 Å². The fraction of sp³-hybridized carbons (Fsp3) is 0.333. The molecule has 0 atom stereocenters. The van der Waals surface area contributed by atoms with Gasteiger partial charge in [-0.25, -0.2) is 0 Å². The maximum absolute atomic E-state index is 6.33. The molecule has 0 aromatic carbocycles. The third kappa shape index (κ3) is 1.22. The minimum absolute atomic E-state index is 0.618. The Morgan fingerprint density at radius 1 is 1.40 bits per heavy atom. The van der Waals surface area contributed by atoms with Gasteiger partial charge in [-0.2, -0.15) is 0 Å². The van der Waals surface area contributed by atoms with Gasteiger partial charge in [0.25, 0.3) is 0 Å². The van der Waals surface area contributed by atoms with Crippen LogP contribution in [0.15, 0.2) is 24.4 Å². The van der Waals surface area contributed by atoms with Crippen LogP contribution < -0.4 is 5.32 Å². The maximum atomic E-state index is 6.33. The monoisotopic (exact) mass is 220 g/mol. The predicted molar refractivity (Wildman–Crippen MR) is 62.8 cm³/mol. The number of halogens is 1. The van der Waals surface area contributed by atoms with Crippen LogP contribution >= 0.6 is 11.6 Å². The molecular weight excluding hydrogens is 208 g/mol. The molecule has 78 valence electrons. The highest BCUT2D eigenvalue weighted by Crippen LogP contribution is 2.33. The smallest absolute Gasteiger partial charge is 0.0693 e. The lowest BCUT2D eigenvalue weighted by Gasteiger charge is -2.28. The molecule has 3 heterocycles. The molecule has 0 radical (unpaired) electrons. The highest BCUT2D eigenvalue weighted by Gasteiger charge is 2.25. The molecule has 0 aliphatic carbocycles.